The van der Waals surface area contributed by atoms with Crippen molar-refractivity contribution in [1.29, 1.82) is 0 Å². The van der Waals surface area contributed by atoms with Crippen LogP contribution < -0.4 is 5.56 Å². The summed E-state index contributed by atoms with van der Waals surface area (Å²) in [6, 6.07) is -3.43. The van der Waals surface area contributed by atoms with Gasteiger partial charge in [0.05, 0.1) is 9.81 Å². The highest BCUT2D eigenvalue weighted by molar-refractivity contribution is 5.79. The van der Waals surface area contributed by atoms with Crippen molar-refractivity contribution in [1.82, 2.24) is 19.6 Å². The van der Waals surface area contributed by atoms with Crippen LogP contribution in [0.3, 0.4) is 0 Å². The van der Waals surface area contributed by atoms with E-state index >= 15 is 0 Å². The topological polar surface area (TPSA) is 64.2 Å². The molecule has 0 amide bonds. The molecule has 5 rings (SSSR count). The van der Waals surface area contributed by atoms with Gasteiger partial charge in [-0.2, -0.15) is 0 Å². The molecule has 2 aliphatic heterocycles. The molecule has 0 aliphatic carbocycles. The van der Waals surface area contributed by atoms with Gasteiger partial charge in [0.25, 0.3) is 5.56 Å². The summed E-state index contributed by atoms with van der Waals surface area (Å²) in [5.41, 5.74) is -3.83. The van der Waals surface area contributed by atoms with Gasteiger partial charge in [-0.15, -0.1) is 0 Å². The molecule has 2 aromatic heterocycles. The van der Waals surface area contributed by atoms with Gasteiger partial charge in [0.15, 0.2) is 5.58 Å². The van der Waals surface area contributed by atoms with E-state index in [1.807, 2.05) is 0 Å². The highest BCUT2D eigenvalue weighted by Crippen LogP contribution is 2.32. The maximum atomic E-state index is 14.4. The third kappa shape index (κ3) is 3.55. The lowest BCUT2D eigenvalue weighted by Gasteiger charge is -2.31. The number of halogens is 1. The fourth-order valence-corrected chi connectivity index (χ4v) is 3.13. The van der Waals surface area contributed by atoms with Gasteiger partial charge in [0.1, 0.15) is 11.6 Å². The van der Waals surface area contributed by atoms with Gasteiger partial charge in [-0.1, -0.05) is 5.16 Å². The summed E-state index contributed by atoms with van der Waals surface area (Å²) >= 11 is 0. The molecule has 0 unspecified atom stereocenters. The number of nitrogens with zero attached hydrogens (tertiary/aromatic N) is 4. The standard InChI is InChI=1S/C23H27FN4O2/c1-15-18(23(29)28-10-3-2-4-21(28)25-15)9-13-27-11-7-16(8-12-27)22-19-6-5-17(24)14-20(19)30-26-22/h5-6,14,16H,2-4,7-13H2,1H3/i2D2,3D2,5D,6D,7D2,8D2,10D2,11D2,12D2,14D,16D. The Morgan fingerprint density at radius 1 is 1.33 bits per heavy atom. The highest BCUT2D eigenvalue weighted by Gasteiger charge is 2.25. The molecule has 1 aromatic carbocycles. The summed E-state index contributed by atoms with van der Waals surface area (Å²) in [5, 5.41) is 2.54. The van der Waals surface area contributed by atoms with Crippen molar-refractivity contribution in [2.45, 2.75) is 57.6 Å². The van der Waals surface area contributed by atoms with Crippen LogP contribution in [-0.2, 0) is 19.3 Å². The number of benzene rings is 1. The molecule has 30 heavy (non-hydrogen) atoms. The Hall–Kier alpha value is -2.54. The number of piperidine rings is 1. The van der Waals surface area contributed by atoms with E-state index in [1.165, 1.54) is 6.92 Å². The molecule has 0 saturated carbocycles. The van der Waals surface area contributed by atoms with E-state index in [4.69, 9.17) is 29.2 Å². The Labute approximate surface area is 200 Å². The fourth-order valence-electron chi connectivity index (χ4n) is 3.13. The van der Waals surface area contributed by atoms with Gasteiger partial charge in [-0.3, -0.25) is 9.36 Å². The summed E-state index contributed by atoms with van der Waals surface area (Å²) < 4.78 is 171. The molecular weight excluding hydrogens is 383 g/mol. The molecule has 158 valence electrons. The monoisotopic (exact) mass is 428 g/mol. The third-order valence-corrected chi connectivity index (χ3v) is 4.62. The molecule has 0 N–H and O–H groups in total. The molecule has 2 aliphatic rings. The van der Waals surface area contributed by atoms with Crippen molar-refractivity contribution in [3.8, 4) is 0 Å². The zero-order valence-corrected chi connectivity index (χ0v) is 15.6. The zero-order chi connectivity index (χ0) is 36.7. The Kier molecular flexibility index (Phi) is 2.08. The molecule has 0 bridgehead atoms. The van der Waals surface area contributed by atoms with Gasteiger partial charge in [0, 0.05) is 68.6 Å². The lowest BCUT2D eigenvalue weighted by Crippen LogP contribution is -2.37. The Morgan fingerprint density at radius 2 is 2.17 bits per heavy atom. The zero-order valence-electron chi connectivity index (χ0n) is 33.6. The molecule has 7 heteroatoms. The summed E-state index contributed by atoms with van der Waals surface area (Å²) in [6.45, 7) is -10.3. The quantitative estimate of drug-likeness (QED) is 0.635. The average Bonchev–Trinajstić information content (AvgIpc) is 3.39. The largest absolute Gasteiger partial charge is 0.356 e. The maximum absolute atomic E-state index is 14.4. The second kappa shape index (κ2) is 7.95. The number of hydrogen-bond donors (Lipinski definition) is 0. The second-order valence-electron chi connectivity index (χ2n) is 6.50. The maximum Gasteiger partial charge on any atom is 0.256 e. The predicted molar refractivity (Wildman–Crippen MR) is 112 cm³/mol. The highest BCUT2D eigenvalue weighted by atomic mass is 19.1. The Morgan fingerprint density at radius 3 is 3.00 bits per heavy atom. The molecule has 4 heterocycles. The lowest BCUT2D eigenvalue weighted by atomic mass is 9.91. The van der Waals surface area contributed by atoms with Gasteiger partial charge < -0.3 is 9.42 Å². The smallest absolute Gasteiger partial charge is 0.256 e. The predicted octanol–water partition coefficient (Wildman–Crippen LogP) is 3.59. The van der Waals surface area contributed by atoms with Crippen LogP contribution >= 0.6 is 0 Å². The molecular formula is C23H27FN4O2. The van der Waals surface area contributed by atoms with E-state index in [0.717, 1.165) is 0 Å². The van der Waals surface area contributed by atoms with E-state index in [2.05, 4.69) is 10.1 Å². The Balaban J connectivity index is 1.64. The van der Waals surface area contributed by atoms with Crippen LogP contribution in [0.15, 0.2) is 27.4 Å². The first-order chi connectivity index (χ1) is 21.5. The van der Waals surface area contributed by atoms with Crippen LogP contribution in [0.4, 0.5) is 4.39 Å². The minimum absolute atomic E-state index is 0.0811. The minimum atomic E-state index is -3.82. The number of fused-ring (bicyclic) bond motifs is 2. The van der Waals surface area contributed by atoms with Gasteiger partial charge >= 0.3 is 0 Å². The van der Waals surface area contributed by atoms with Crippen molar-refractivity contribution in [2.75, 3.05) is 19.5 Å². The normalized spacial score (nSPS) is 39.7. The number of hydrogen-bond acceptors (Lipinski definition) is 5. The summed E-state index contributed by atoms with van der Waals surface area (Å²) in [7, 11) is 0. The Bertz CT molecular complexity index is 1890. The van der Waals surface area contributed by atoms with Crippen molar-refractivity contribution in [3.05, 3.63) is 57.1 Å². The molecule has 1 fully saturated rings. The van der Waals surface area contributed by atoms with Crippen LogP contribution in [0.1, 0.15) is 78.8 Å². The van der Waals surface area contributed by atoms with E-state index in [-0.39, 0.29) is 10.6 Å². The van der Waals surface area contributed by atoms with Crippen LogP contribution in [0.2, 0.25) is 0 Å². The first kappa shape index (κ1) is 7.86. The van der Waals surface area contributed by atoms with Crippen LogP contribution in [0.5, 0.6) is 0 Å². The molecule has 3 aromatic rings. The van der Waals surface area contributed by atoms with Gasteiger partial charge in [-0.25, -0.2) is 9.37 Å². The molecule has 0 atom stereocenters. The van der Waals surface area contributed by atoms with E-state index < -0.39 is 128 Å². The third-order valence-electron chi connectivity index (χ3n) is 4.62. The van der Waals surface area contributed by atoms with E-state index in [1.54, 1.807) is 0 Å². The van der Waals surface area contributed by atoms with Crippen molar-refractivity contribution in [3.63, 3.8) is 0 Å². The van der Waals surface area contributed by atoms with E-state index in [0.29, 0.717) is 4.57 Å². The first-order valence-electron chi connectivity index (χ1n) is 17.9. The second-order valence-corrected chi connectivity index (χ2v) is 6.50. The molecule has 0 spiro atoms. The van der Waals surface area contributed by atoms with Gasteiger partial charge in [0.2, 0.25) is 0 Å². The summed E-state index contributed by atoms with van der Waals surface area (Å²) in [4.78, 5) is 17.8. The van der Waals surface area contributed by atoms with E-state index in [9.17, 15) is 9.18 Å². The SMILES string of the molecule is [2H]c1c(F)c([2H])c2onc(C3([2H])C([2H])([2H])C([2H])([2H])N(CCc4c(C)nc5n(c4=O)C([2H])([2H])C([2H])([2H])C([2H])([2H])C5)C([2H])([2H])C3([2H])[2H])c2c1[2H]. The van der Waals surface area contributed by atoms with Crippen molar-refractivity contribution < 1.29 is 33.6 Å². The van der Waals surface area contributed by atoms with Crippen LogP contribution in [-0.4, -0.2) is 39.1 Å². The minimum Gasteiger partial charge on any atom is -0.356 e. The van der Waals surface area contributed by atoms with Gasteiger partial charge in [-0.05, 0) is 63.9 Å². The van der Waals surface area contributed by atoms with Crippen LogP contribution in [0, 0.1) is 12.7 Å². The number of aromatic nitrogens is 3. The fraction of sp³-hybridized carbons (Fsp3) is 0.522. The molecule has 1 saturated heterocycles. The summed E-state index contributed by atoms with van der Waals surface area (Å²) in [5.74, 6) is -5.70. The number of likely N-dealkylation sites (tertiary alicyclic amines) is 1. The van der Waals surface area contributed by atoms with Crippen LogP contribution in [0.25, 0.3) is 11.0 Å². The number of aryl methyl sites for hydroxylation is 2. The van der Waals surface area contributed by atoms with Crippen molar-refractivity contribution in [2.24, 2.45) is 0 Å². The molecule has 0 radical (unpaired) electrons. The summed E-state index contributed by atoms with van der Waals surface area (Å²) in [6.07, 6.45) is -15.2. The molecule has 6 nitrogen and oxygen atoms in total. The number of rotatable bonds is 4. The average molecular weight is 429 g/mol. The van der Waals surface area contributed by atoms with Crippen molar-refractivity contribution >= 4 is 11.0 Å². The first-order valence-corrected chi connectivity index (χ1v) is 8.95. The lowest BCUT2D eigenvalue weighted by molar-refractivity contribution is 0.211.